The van der Waals surface area contributed by atoms with E-state index in [1.165, 1.54) is 11.1 Å². The molecule has 0 heterocycles. The zero-order valence-corrected chi connectivity index (χ0v) is 13.0. The maximum absolute atomic E-state index is 5.65. The van der Waals surface area contributed by atoms with Crippen molar-refractivity contribution in [2.45, 2.75) is 20.3 Å². The fraction of sp³-hybridized carbons (Fsp3) is 0.625. The quantitative estimate of drug-likeness (QED) is 0.622. The average molecular weight is 282 g/mol. The van der Waals surface area contributed by atoms with Crippen molar-refractivity contribution in [3.05, 3.63) is 29.3 Å². The Morgan fingerprint density at radius 2 is 1.80 bits per heavy atom. The number of quaternary nitrogens is 1. The molecule has 0 saturated heterocycles. The molecule has 0 amide bonds. The minimum Gasteiger partial charge on any atom is -0.491 e. The smallest absolute Gasteiger partial charge is 0.119 e. The van der Waals surface area contributed by atoms with E-state index < -0.39 is 0 Å². The summed E-state index contributed by atoms with van der Waals surface area (Å²) in [5.41, 5.74) is 2.55. The summed E-state index contributed by atoms with van der Waals surface area (Å²) in [7, 11) is 1.73. The molecule has 0 aliphatic heterocycles. The Balaban J connectivity index is 1.95. The zero-order chi connectivity index (χ0) is 14.6. The molecule has 0 spiro atoms. The second-order valence-corrected chi connectivity index (χ2v) is 4.92. The SMILES string of the molecule is COCCC[NH2+]CCOCCOc1ccc(C)c(C)c1. The van der Waals surface area contributed by atoms with E-state index in [2.05, 4.69) is 31.3 Å². The molecule has 0 radical (unpaired) electrons. The van der Waals surface area contributed by atoms with Gasteiger partial charge in [0.25, 0.3) is 0 Å². The lowest BCUT2D eigenvalue weighted by Gasteiger charge is -2.08. The number of hydrogen-bond acceptors (Lipinski definition) is 3. The molecule has 0 aromatic heterocycles. The van der Waals surface area contributed by atoms with Crippen molar-refractivity contribution in [2.75, 3.05) is 46.6 Å². The highest BCUT2D eigenvalue weighted by molar-refractivity contribution is 5.33. The molecule has 114 valence electrons. The van der Waals surface area contributed by atoms with Crippen LogP contribution >= 0.6 is 0 Å². The van der Waals surface area contributed by atoms with Gasteiger partial charge in [-0.3, -0.25) is 0 Å². The maximum atomic E-state index is 5.65. The molecule has 0 bridgehead atoms. The highest BCUT2D eigenvalue weighted by Gasteiger charge is 1.97. The lowest BCUT2D eigenvalue weighted by atomic mass is 10.1. The van der Waals surface area contributed by atoms with E-state index in [1.54, 1.807) is 7.11 Å². The lowest BCUT2D eigenvalue weighted by molar-refractivity contribution is -0.656. The first-order chi connectivity index (χ1) is 9.74. The summed E-state index contributed by atoms with van der Waals surface area (Å²) in [5, 5.41) is 2.25. The van der Waals surface area contributed by atoms with Gasteiger partial charge < -0.3 is 19.5 Å². The molecular formula is C16H28NO3+. The van der Waals surface area contributed by atoms with Crippen molar-refractivity contribution in [1.29, 1.82) is 0 Å². The third-order valence-corrected chi connectivity index (χ3v) is 3.20. The number of methoxy groups -OCH3 is 1. The number of ether oxygens (including phenoxy) is 3. The van der Waals surface area contributed by atoms with Gasteiger partial charge in [0.2, 0.25) is 0 Å². The molecule has 0 unspecified atom stereocenters. The maximum Gasteiger partial charge on any atom is 0.119 e. The Kier molecular flexibility index (Phi) is 9.04. The Hall–Kier alpha value is -1.10. The standard InChI is InChI=1S/C16H27NO3/c1-14-5-6-16(13-15(14)2)20-12-11-19-10-8-17-7-4-9-18-3/h5-6,13,17H,4,7-12H2,1-3H3/p+1. The first-order valence-electron chi connectivity index (χ1n) is 7.32. The summed E-state index contributed by atoms with van der Waals surface area (Å²) < 4.78 is 16.2. The van der Waals surface area contributed by atoms with Gasteiger partial charge in [-0.25, -0.2) is 0 Å². The Labute approximate surface area is 122 Å². The first-order valence-corrected chi connectivity index (χ1v) is 7.32. The summed E-state index contributed by atoms with van der Waals surface area (Å²) in [6.07, 6.45) is 1.09. The second kappa shape index (κ2) is 10.7. The van der Waals surface area contributed by atoms with Crippen LogP contribution in [0.2, 0.25) is 0 Å². The van der Waals surface area contributed by atoms with Crippen LogP contribution in [0, 0.1) is 13.8 Å². The van der Waals surface area contributed by atoms with Crippen molar-refractivity contribution in [3.8, 4) is 5.75 Å². The number of nitrogens with two attached hydrogens (primary N) is 1. The monoisotopic (exact) mass is 282 g/mol. The van der Waals surface area contributed by atoms with Crippen LogP contribution in [0.1, 0.15) is 17.5 Å². The average Bonchev–Trinajstić information content (AvgIpc) is 2.45. The van der Waals surface area contributed by atoms with Crippen LogP contribution in [0.4, 0.5) is 0 Å². The molecule has 4 heteroatoms. The van der Waals surface area contributed by atoms with Gasteiger partial charge in [0.05, 0.1) is 32.9 Å². The number of hydrogen-bond donors (Lipinski definition) is 1. The molecule has 20 heavy (non-hydrogen) atoms. The number of benzene rings is 1. The molecule has 2 N–H and O–H groups in total. The molecule has 0 fully saturated rings. The highest BCUT2D eigenvalue weighted by Crippen LogP contribution is 2.16. The van der Waals surface area contributed by atoms with Crippen LogP contribution in [0.5, 0.6) is 5.75 Å². The van der Waals surface area contributed by atoms with Gasteiger partial charge in [-0.05, 0) is 37.1 Å². The number of rotatable bonds is 11. The van der Waals surface area contributed by atoms with Crippen molar-refractivity contribution in [1.82, 2.24) is 0 Å². The van der Waals surface area contributed by atoms with Crippen LogP contribution in [0.3, 0.4) is 0 Å². The van der Waals surface area contributed by atoms with E-state index >= 15 is 0 Å². The van der Waals surface area contributed by atoms with Crippen LogP contribution in [0.15, 0.2) is 18.2 Å². The van der Waals surface area contributed by atoms with Gasteiger partial charge in [0.1, 0.15) is 12.4 Å². The fourth-order valence-electron chi connectivity index (χ4n) is 1.81. The van der Waals surface area contributed by atoms with E-state index in [9.17, 15) is 0 Å². The molecular weight excluding hydrogens is 254 g/mol. The van der Waals surface area contributed by atoms with Gasteiger partial charge in [0.15, 0.2) is 0 Å². The molecule has 0 aliphatic rings. The van der Waals surface area contributed by atoms with E-state index in [1.807, 2.05) is 6.07 Å². The predicted molar refractivity (Wildman–Crippen MR) is 80.4 cm³/mol. The minimum atomic E-state index is 0.603. The molecule has 0 aliphatic carbocycles. The predicted octanol–water partition coefficient (Wildman–Crippen LogP) is 1.30. The van der Waals surface area contributed by atoms with Crippen LogP contribution in [-0.4, -0.2) is 46.6 Å². The van der Waals surface area contributed by atoms with Crippen molar-refractivity contribution < 1.29 is 19.5 Å². The minimum absolute atomic E-state index is 0.603. The van der Waals surface area contributed by atoms with Crippen molar-refractivity contribution in [3.63, 3.8) is 0 Å². The third kappa shape index (κ3) is 7.48. The molecule has 4 nitrogen and oxygen atoms in total. The van der Waals surface area contributed by atoms with E-state index in [0.29, 0.717) is 13.2 Å². The summed E-state index contributed by atoms with van der Waals surface area (Å²) in [4.78, 5) is 0. The Bertz CT molecular complexity index is 369. The summed E-state index contributed by atoms with van der Waals surface area (Å²) >= 11 is 0. The van der Waals surface area contributed by atoms with Gasteiger partial charge in [0, 0.05) is 13.5 Å². The van der Waals surface area contributed by atoms with Gasteiger partial charge in [-0.1, -0.05) is 6.07 Å². The highest BCUT2D eigenvalue weighted by atomic mass is 16.5. The number of aryl methyl sites for hydroxylation is 2. The largest absolute Gasteiger partial charge is 0.491 e. The van der Waals surface area contributed by atoms with Gasteiger partial charge >= 0.3 is 0 Å². The Morgan fingerprint density at radius 3 is 2.55 bits per heavy atom. The van der Waals surface area contributed by atoms with Crippen molar-refractivity contribution in [2.24, 2.45) is 0 Å². The summed E-state index contributed by atoms with van der Waals surface area (Å²) in [6.45, 7) is 9.13. The molecule has 0 saturated carbocycles. The van der Waals surface area contributed by atoms with Gasteiger partial charge in [-0.15, -0.1) is 0 Å². The van der Waals surface area contributed by atoms with Crippen LogP contribution in [0.25, 0.3) is 0 Å². The van der Waals surface area contributed by atoms with Crippen molar-refractivity contribution >= 4 is 0 Å². The Morgan fingerprint density at radius 1 is 0.950 bits per heavy atom. The summed E-state index contributed by atoms with van der Waals surface area (Å²) in [5.74, 6) is 0.919. The molecule has 1 rings (SSSR count). The first kappa shape index (κ1) is 17.0. The molecule has 0 atom stereocenters. The fourth-order valence-corrected chi connectivity index (χ4v) is 1.81. The lowest BCUT2D eigenvalue weighted by Crippen LogP contribution is -2.85. The van der Waals surface area contributed by atoms with E-state index in [-0.39, 0.29) is 0 Å². The van der Waals surface area contributed by atoms with E-state index in [4.69, 9.17) is 14.2 Å². The summed E-state index contributed by atoms with van der Waals surface area (Å²) in [6, 6.07) is 6.16. The van der Waals surface area contributed by atoms with E-state index in [0.717, 1.165) is 38.5 Å². The second-order valence-electron chi connectivity index (χ2n) is 4.92. The topological polar surface area (TPSA) is 44.3 Å². The van der Waals surface area contributed by atoms with Gasteiger partial charge in [-0.2, -0.15) is 0 Å². The third-order valence-electron chi connectivity index (χ3n) is 3.20. The van der Waals surface area contributed by atoms with Crippen LogP contribution < -0.4 is 10.1 Å². The normalized spacial score (nSPS) is 10.8. The molecule has 1 aromatic carbocycles. The zero-order valence-electron chi connectivity index (χ0n) is 13.0. The molecule has 1 aromatic rings. The van der Waals surface area contributed by atoms with Crippen LogP contribution in [-0.2, 0) is 9.47 Å².